The summed E-state index contributed by atoms with van der Waals surface area (Å²) < 4.78 is 10.5. The van der Waals surface area contributed by atoms with Crippen LogP contribution in [-0.4, -0.2) is 36.0 Å². The van der Waals surface area contributed by atoms with Gasteiger partial charge in [-0.05, 0) is 30.4 Å². The van der Waals surface area contributed by atoms with Gasteiger partial charge in [0.2, 0.25) is 0 Å². The average molecular weight is 379 g/mol. The summed E-state index contributed by atoms with van der Waals surface area (Å²) in [6.45, 7) is 7.70. The first-order valence-electron chi connectivity index (χ1n) is 9.11. The molecule has 0 saturated heterocycles. The van der Waals surface area contributed by atoms with Gasteiger partial charge in [0, 0.05) is 18.9 Å². The fourth-order valence-electron chi connectivity index (χ4n) is 2.57. The fraction of sp³-hybridized carbons (Fsp3) is 0.550. The second-order valence-electron chi connectivity index (χ2n) is 7.26. The molecule has 0 aliphatic heterocycles. The Hall–Kier alpha value is -2.57. The second kappa shape index (κ2) is 11.2. The molecule has 0 aliphatic rings. The number of esters is 1. The molecule has 1 rings (SSSR count). The topological polar surface area (TPSA) is 102 Å². The molecule has 0 saturated carbocycles. The first-order valence-corrected chi connectivity index (χ1v) is 9.11. The third kappa shape index (κ3) is 9.08. The molecule has 0 spiro atoms. The molecule has 0 bridgehead atoms. The molecule has 1 aromatic rings. The van der Waals surface area contributed by atoms with E-state index < -0.39 is 24.3 Å². The highest BCUT2D eigenvalue weighted by molar-refractivity contribution is 5.89. The van der Waals surface area contributed by atoms with Crippen LogP contribution in [0.4, 0.5) is 4.79 Å². The van der Waals surface area contributed by atoms with Crippen LogP contribution in [-0.2, 0) is 14.3 Å². The predicted octanol–water partition coefficient (Wildman–Crippen LogP) is 3.69. The molecular weight excluding hydrogens is 350 g/mol. The summed E-state index contributed by atoms with van der Waals surface area (Å²) in [5.74, 6) is -1.62. The van der Waals surface area contributed by atoms with Gasteiger partial charge in [-0.1, -0.05) is 45.9 Å². The van der Waals surface area contributed by atoms with Crippen LogP contribution in [0.5, 0.6) is 0 Å². The van der Waals surface area contributed by atoms with E-state index in [9.17, 15) is 14.4 Å². The van der Waals surface area contributed by atoms with Crippen molar-refractivity contribution in [1.82, 2.24) is 5.32 Å². The van der Waals surface area contributed by atoms with Crippen LogP contribution >= 0.6 is 0 Å². The summed E-state index contributed by atoms with van der Waals surface area (Å²) in [6.07, 6.45) is -1.15. The maximum absolute atomic E-state index is 12.2. The molecule has 2 N–H and O–H groups in total. The summed E-state index contributed by atoms with van der Waals surface area (Å²) in [6, 6.07) is 8.44. The molecule has 7 nitrogen and oxygen atoms in total. The Bertz CT molecular complexity index is 614. The van der Waals surface area contributed by atoms with E-state index in [1.54, 1.807) is 44.2 Å². The van der Waals surface area contributed by atoms with E-state index in [1.807, 2.05) is 13.8 Å². The number of benzene rings is 1. The van der Waals surface area contributed by atoms with Crippen LogP contribution in [0.2, 0.25) is 0 Å². The van der Waals surface area contributed by atoms with E-state index in [0.717, 1.165) is 0 Å². The van der Waals surface area contributed by atoms with Crippen molar-refractivity contribution in [2.75, 3.05) is 6.54 Å². The van der Waals surface area contributed by atoms with Crippen LogP contribution in [0.25, 0.3) is 0 Å². The zero-order chi connectivity index (χ0) is 20.4. The van der Waals surface area contributed by atoms with Gasteiger partial charge < -0.3 is 19.9 Å². The summed E-state index contributed by atoms with van der Waals surface area (Å²) >= 11 is 0. The first-order chi connectivity index (χ1) is 12.7. The number of rotatable bonds is 10. The summed E-state index contributed by atoms with van der Waals surface area (Å²) in [7, 11) is 0. The van der Waals surface area contributed by atoms with E-state index >= 15 is 0 Å². The number of nitrogens with one attached hydrogen (secondary N) is 1. The number of carbonyl (C=O) groups excluding carboxylic acids is 2. The molecule has 0 heterocycles. The van der Waals surface area contributed by atoms with Gasteiger partial charge in [-0.2, -0.15) is 0 Å². The predicted molar refractivity (Wildman–Crippen MR) is 100 cm³/mol. The Morgan fingerprint density at radius 3 is 2.19 bits per heavy atom. The molecule has 0 radical (unpaired) electrons. The molecule has 150 valence electrons. The lowest BCUT2D eigenvalue weighted by Gasteiger charge is -2.23. The van der Waals surface area contributed by atoms with Crippen molar-refractivity contribution >= 4 is 18.0 Å². The Labute approximate surface area is 160 Å². The second-order valence-corrected chi connectivity index (χ2v) is 7.26. The van der Waals surface area contributed by atoms with E-state index in [1.165, 1.54) is 0 Å². The molecule has 2 unspecified atom stereocenters. The molecule has 2 atom stereocenters. The van der Waals surface area contributed by atoms with Gasteiger partial charge in [-0.25, -0.2) is 9.59 Å². The first kappa shape index (κ1) is 22.5. The van der Waals surface area contributed by atoms with E-state index in [-0.39, 0.29) is 24.8 Å². The van der Waals surface area contributed by atoms with Gasteiger partial charge in [0.15, 0.2) is 0 Å². The standard InChI is InChI=1S/C20H29NO6/c1-13(2)10-15(11-17(22)23)12-21-20(25)27-19(14(3)4)26-18(24)16-8-6-5-7-9-16/h5-9,13-15,19H,10-12H2,1-4H3,(H,21,25)(H,22,23). The number of carboxylic acids is 1. The number of carbonyl (C=O) groups is 3. The van der Waals surface area contributed by atoms with Gasteiger partial charge in [-0.3, -0.25) is 4.79 Å². The van der Waals surface area contributed by atoms with E-state index in [0.29, 0.717) is 17.9 Å². The number of alkyl carbamates (subject to hydrolysis) is 1. The zero-order valence-corrected chi connectivity index (χ0v) is 16.3. The molecule has 27 heavy (non-hydrogen) atoms. The molecule has 0 aliphatic carbocycles. The number of carboxylic acid groups (broad SMARTS) is 1. The lowest BCUT2D eigenvalue weighted by atomic mass is 9.94. The number of hydrogen-bond donors (Lipinski definition) is 2. The van der Waals surface area contributed by atoms with E-state index in [2.05, 4.69) is 5.32 Å². The maximum Gasteiger partial charge on any atom is 0.410 e. The molecule has 0 fully saturated rings. The van der Waals surface area contributed by atoms with Crippen molar-refractivity contribution in [3.63, 3.8) is 0 Å². The molecule has 1 aromatic carbocycles. The largest absolute Gasteiger partial charge is 0.481 e. The zero-order valence-electron chi connectivity index (χ0n) is 16.3. The minimum absolute atomic E-state index is 0.0327. The SMILES string of the molecule is CC(C)CC(CNC(=O)OC(OC(=O)c1ccccc1)C(C)C)CC(=O)O. The number of aliphatic carboxylic acids is 1. The fourth-order valence-corrected chi connectivity index (χ4v) is 2.57. The average Bonchev–Trinajstić information content (AvgIpc) is 2.58. The number of ether oxygens (including phenoxy) is 2. The lowest BCUT2D eigenvalue weighted by Crippen LogP contribution is -2.37. The van der Waals surface area contributed by atoms with Crippen molar-refractivity contribution in [1.29, 1.82) is 0 Å². The van der Waals surface area contributed by atoms with Gasteiger partial charge >= 0.3 is 18.0 Å². The van der Waals surface area contributed by atoms with Gasteiger partial charge in [0.1, 0.15) is 0 Å². The number of amides is 1. The third-order valence-electron chi connectivity index (χ3n) is 3.80. The third-order valence-corrected chi connectivity index (χ3v) is 3.80. The normalized spacial score (nSPS) is 13.1. The molecular formula is C20H29NO6. The smallest absolute Gasteiger partial charge is 0.410 e. The highest BCUT2D eigenvalue weighted by Crippen LogP contribution is 2.16. The summed E-state index contributed by atoms with van der Waals surface area (Å²) in [4.78, 5) is 35.2. The van der Waals surface area contributed by atoms with Crippen LogP contribution in [0.15, 0.2) is 30.3 Å². The van der Waals surface area contributed by atoms with E-state index in [4.69, 9.17) is 14.6 Å². The number of hydrogen-bond acceptors (Lipinski definition) is 5. The Morgan fingerprint density at radius 1 is 1.04 bits per heavy atom. The molecule has 0 aromatic heterocycles. The molecule has 7 heteroatoms. The van der Waals surface area contributed by atoms with Crippen molar-refractivity contribution < 1.29 is 29.0 Å². The van der Waals surface area contributed by atoms with Crippen molar-refractivity contribution in [2.24, 2.45) is 17.8 Å². The highest BCUT2D eigenvalue weighted by Gasteiger charge is 2.24. The van der Waals surface area contributed by atoms with Gasteiger partial charge in [0.05, 0.1) is 5.56 Å². The monoisotopic (exact) mass is 379 g/mol. The van der Waals surface area contributed by atoms with Gasteiger partial charge in [-0.15, -0.1) is 0 Å². The highest BCUT2D eigenvalue weighted by atomic mass is 16.7. The van der Waals surface area contributed by atoms with Gasteiger partial charge in [0.25, 0.3) is 6.29 Å². The van der Waals surface area contributed by atoms with Crippen LogP contribution in [0.1, 0.15) is 50.9 Å². The Morgan fingerprint density at radius 2 is 1.67 bits per heavy atom. The lowest BCUT2D eigenvalue weighted by molar-refractivity contribution is -0.138. The van der Waals surface area contributed by atoms with Crippen LogP contribution in [0.3, 0.4) is 0 Å². The van der Waals surface area contributed by atoms with Crippen molar-refractivity contribution in [3.05, 3.63) is 35.9 Å². The maximum atomic E-state index is 12.2. The van der Waals surface area contributed by atoms with Crippen LogP contribution < -0.4 is 5.32 Å². The Balaban J connectivity index is 2.59. The molecule has 1 amide bonds. The Kier molecular flexibility index (Phi) is 9.33. The van der Waals surface area contributed by atoms with Crippen molar-refractivity contribution in [2.45, 2.75) is 46.8 Å². The minimum atomic E-state index is -1.04. The summed E-state index contributed by atoms with van der Waals surface area (Å²) in [5, 5.41) is 11.6. The van der Waals surface area contributed by atoms with Crippen molar-refractivity contribution in [3.8, 4) is 0 Å². The summed E-state index contributed by atoms with van der Waals surface area (Å²) in [5.41, 5.74) is 0.366. The quantitative estimate of drug-likeness (QED) is 0.475. The van der Waals surface area contributed by atoms with Crippen LogP contribution in [0, 0.1) is 17.8 Å². The minimum Gasteiger partial charge on any atom is -0.481 e.